The Morgan fingerprint density at radius 3 is 1.24 bits per heavy atom. The summed E-state index contributed by atoms with van der Waals surface area (Å²) in [5.74, 6) is 2.69. The number of aromatic hydroxyl groups is 2. The van der Waals surface area contributed by atoms with Crippen LogP contribution in [0.2, 0.25) is 0 Å². The number of hydrogen-bond donors (Lipinski definition) is 2. The smallest absolute Gasteiger partial charge is 0.160 e. The standard InChI is InChI=1S/C28H26O5/c29-23-11-3-7-15-27(23)31-19-17-21-9-1-5-13-25(21)33-26-14-6-2-10-22(26)18-20-32-28-16-8-4-12-24(28)30/h1-16,29-30H,17-20H2. The van der Waals surface area contributed by atoms with Gasteiger partial charge in [0.2, 0.25) is 0 Å². The van der Waals surface area contributed by atoms with Crippen molar-refractivity contribution in [2.24, 2.45) is 0 Å². The molecule has 0 heterocycles. The van der Waals surface area contributed by atoms with Gasteiger partial charge < -0.3 is 24.4 Å². The molecule has 0 aliphatic rings. The number of phenolic OH excluding ortho intramolecular Hbond substituents is 2. The van der Waals surface area contributed by atoms with Gasteiger partial charge >= 0.3 is 0 Å². The van der Waals surface area contributed by atoms with E-state index in [1.165, 1.54) is 0 Å². The van der Waals surface area contributed by atoms with E-state index in [0.29, 0.717) is 37.6 Å². The van der Waals surface area contributed by atoms with Gasteiger partial charge in [-0.1, -0.05) is 60.7 Å². The zero-order valence-electron chi connectivity index (χ0n) is 18.2. The first-order valence-corrected chi connectivity index (χ1v) is 10.9. The SMILES string of the molecule is Oc1ccccc1OCCc1ccccc1Oc1ccccc1CCOc1ccccc1O. The molecule has 0 bridgehead atoms. The van der Waals surface area contributed by atoms with Crippen LogP contribution >= 0.6 is 0 Å². The molecule has 0 atom stereocenters. The zero-order chi connectivity index (χ0) is 22.9. The van der Waals surface area contributed by atoms with E-state index in [0.717, 1.165) is 22.6 Å². The first-order valence-electron chi connectivity index (χ1n) is 10.9. The third kappa shape index (κ3) is 5.98. The quantitative estimate of drug-likeness (QED) is 0.309. The molecule has 0 amide bonds. The van der Waals surface area contributed by atoms with E-state index < -0.39 is 0 Å². The molecule has 0 fully saturated rings. The molecule has 0 saturated carbocycles. The van der Waals surface area contributed by atoms with Crippen LogP contribution in [-0.2, 0) is 12.8 Å². The average molecular weight is 443 g/mol. The number of ether oxygens (including phenoxy) is 3. The second kappa shape index (κ2) is 11.0. The van der Waals surface area contributed by atoms with E-state index in [-0.39, 0.29) is 11.5 Å². The Bertz CT molecular complexity index is 1100. The van der Waals surface area contributed by atoms with Crippen molar-refractivity contribution in [2.45, 2.75) is 12.8 Å². The van der Waals surface area contributed by atoms with E-state index in [1.807, 2.05) is 60.7 Å². The van der Waals surface area contributed by atoms with Gasteiger partial charge in [0.05, 0.1) is 13.2 Å². The van der Waals surface area contributed by atoms with Crippen LogP contribution in [0.3, 0.4) is 0 Å². The number of hydrogen-bond acceptors (Lipinski definition) is 5. The van der Waals surface area contributed by atoms with Crippen molar-refractivity contribution < 1.29 is 24.4 Å². The van der Waals surface area contributed by atoms with Crippen LogP contribution in [0.15, 0.2) is 97.1 Å². The number of phenols is 2. The van der Waals surface area contributed by atoms with Crippen molar-refractivity contribution >= 4 is 0 Å². The lowest BCUT2D eigenvalue weighted by atomic mass is 10.1. The average Bonchev–Trinajstić information content (AvgIpc) is 2.84. The molecule has 4 aromatic carbocycles. The molecule has 0 radical (unpaired) electrons. The second-order valence-electron chi connectivity index (χ2n) is 7.45. The summed E-state index contributed by atoms with van der Waals surface area (Å²) in [6, 6.07) is 29.6. The predicted octanol–water partition coefficient (Wildman–Crippen LogP) is 6.13. The fraction of sp³-hybridized carbons (Fsp3) is 0.143. The van der Waals surface area contributed by atoms with Gasteiger partial charge in [0.25, 0.3) is 0 Å². The van der Waals surface area contributed by atoms with Gasteiger partial charge in [-0.2, -0.15) is 0 Å². The molecule has 0 aliphatic heterocycles. The highest BCUT2D eigenvalue weighted by Crippen LogP contribution is 2.30. The van der Waals surface area contributed by atoms with Crippen molar-refractivity contribution in [3.63, 3.8) is 0 Å². The van der Waals surface area contributed by atoms with E-state index >= 15 is 0 Å². The maximum Gasteiger partial charge on any atom is 0.160 e. The van der Waals surface area contributed by atoms with E-state index in [1.54, 1.807) is 36.4 Å². The summed E-state index contributed by atoms with van der Waals surface area (Å²) in [5, 5.41) is 19.7. The number of rotatable bonds is 10. The molecule has 5 heteroatoms. The van der Waals surface area contributed by atoms with Crippen molar-refractivity contribution in [1.29, 1.82) is 0 Å². The topological polar surface area (TPSA) is 68.2 Å². The predicted molar refractivity (Wildman–Crippen MR) is 128 cm³/mol. The van der Waals surface area contributed by atoms with Gasteiger partial charge in [-0.15, -0.1) is 0 Å². The summed E-state index contributed by atoms with van der Waals surface area (Å²) >= 11 is 0. The molecule has 0 aliphatic carbocycles. The molecule has 0 saturated heterocycles. The maximum atomic E-state index is 9.87. The molecule has 4 aromatic rings. The maximum absolute atomic E-state index is 9.87. The summed E-state index contributed by atoms with van der Waals surface area (Å²) < 4.78 is 17.7. The largest absolute Gasteiger partial charge is 0.504 e. The monoisotopic (exact) mass is 442 g/mol. The Hall–Kier alpha value is -4.12. The molecular formula is C28H26O5. The molecule has 2 N–H and O–H groups in total. The van der Waals surface area contributed by atoms with Gasteiger partial charge in [0, 0.05) is 12.8 Å². The summed E-state index contributed by atoms with van der Waals surface area (Å²) in [6.07, 6.45) is 1.26. The highest BCUT2D eigenvalue weighted by Gasteiger charge is 2.10. The van der Waals surface area contributed by atoms with Gasteiger partial charge in [-0.05, 0) is 47.5 Å². The normalized spacial score (nSPS) is 10.5. The van der Waals surface area contributed by atoms with Gasteiger partial charge in [-0.3, -0.25) is 0 Å². The Morgan fingerprint density at radius 2 is 0.818 bits per heavy atom. The van der Waals surface area contributed by atoms with Crippen LogP contribution in [0, 0.1) is 0 Å². The minimum absolute atomic E-state index is 0.127. The lowest BCUT2D eigenvalue weighted by Crippen LogP contribution is -2.05. The minimum atomic E-state index is 0.127. The minimum Gasteiger partial charge on any atom is -0.504 e. The van der Waals surface area contributed by atoms with E-state index in [9.17, 15) is 10.2 Å². The number of benzene rings is 4. The number of para-hydroxylation sites is 6. The van der Waals surface area contributed by atoms with Gasteiger partial charge in [-0.25, -0.2) is 0 Å². The van der Waals surface area contributed by atoms with Crippen molar-refractivity contribution in [3.05, 3.63) is 108 Å². The molecule has 5 nitrogen and oxygen atoms in total. The van der Waals surface area contributed by atoms with Gasteiger partial charge in [0.15, 0.2) is 23.0 Å². The Morgan fingerprint density at radius 1 is 0.455 bits per heavy atom. The van der Waals surface area contributed by atoms with Crippen molar-refractivity contribution in [1.82, 2.24) is 0 Å². The van der Waals surface area contributed by atoms with Crippen LogP contribution in [0.1, 0.15) is 11.1 Å². The van der Waals surface area contributed by atoms with Gasteiger partial charge in [0.1, 0.15) is 11.5 Å². The lowest BCUT2D eigenvalue weighted by molar-refractivity contribution is 0.300. The molecule has 168 valence electrons. The Balaban J connectivity index is 1.40. The molecular weight excluding hydrogens is 416 g/mol. The van der Waals surface area contributed by atoms with Crippen LogP contribution in [0.5, 0.6) is 34.5 Å². The third-order valence-electron chi connectivity index (χ3n) is 5.15. The third-order valence-corrected chi connectivity index (χ3v) is 5.15. The van der Waals surface area contributed by atoms with Crippen LogP contribution in [-0.4, -0.2) is 23.4 Å². The summed E-state index contributed by atoms with van der Waals surface area (Å²) in [7, 11) is 0. The van der Waals surface area contributed by atoms with Crippen LogP contribution in [0.4, 0.5) is 0 Å². The first-order chi connectivity index (χ1) is 16.2. The first kappa shape index (κ1) is 22.1. The molecule has 0 spiro atoms. The highest BCUT2D eigenvalue weighted by molar-refractivity contribution is 5.42. The Labute approximate surface area is 193 Å². The van der Waals surface area contributed by atoms with E-state index in [2.05, 4.69) is 0 Å². The Kier molecular flexibility index (Phi) is 7.33. The van der Waals surface area contributed by atoms with Crippen LogP contribution < -0.4 is 14.2 Å². The molecule has 0 aromatic heterocycles. The molecule has 33 heavy (non-hydrogen) atoms. The molecule has 4 rings (SSSR count). The zero-order valence-corrected chi connectivity index (χ0v) is 18.2. The van der Waals surface area contributed by atoms with Crippen molar-refractivity contribution in [2.75, 3.05) is 13.2 Å². The summed E-state index contributed by atoms with van der Waals surface area (Å²) in [4.78, 5) is 0. The fourth-order valence-corrected chi connectivity index (χ4v) is 3.44. The summed E-state index contributed by atoms with van der Waals surface area (Å²) in [6.45, 7) is 0.821. The van der Waals surface area contributed by atoms with Crippen LogP contribution in [0.25, 0.3) is 0 Å². The summed E-state index contributed by atoms with van der Waals surface area (Å²) in [5.41, 5.74) is 2.02. The van der Waals surface area contributed by atoms with Crippen molar-refractivity contribution in [3.8, 4) is 34.5 Å². The second-order valence-corrected chi connectivity index (χ2v) is 7.45. The fourth-order valence-electron chi connectivity index (χ4n) is 3.44. The highest BCUT2D eigenvalue weighted by atomic mass is 16.5. The lowest BCUT2D eigenvalue weighted by Gasteiger charge is -2.15. The van der Waals surface area contributed by atoms with E-state index in [4.69, 9.17) is 14.2 Å². The molecule has 0 unspecified atom stereocenters.